The van der Waals surface area contributed by atoms with Gasteiger partial charge in [0.15, 0.2) is 0 Å². The van der Waals surface area contributed by atoms with E-state index in [1.54, 1.807) is 0 Å². The van der Waals surface area contributed by atoms with Crippen molar-refractivity contribution in [3.63, 3.8) is 0 Å². The van der Waals surface area contributed by atoms with Gasteiger partial charge >= 0.3 is 0 Å². The van der Waals surface area contributed by atoms with Gasteiger partial charge in [0, 0.05) is 0 Å². The number of nitrogens with one attached hydrogen (secondary N) is 1. The van der Waals surface area contributed by atoms with Crippen molar-refractivity contribution in [2.75, 3.05) is 6.61 Å². The topological polar surface area (TPSA) is 110 Å². The van der Waals surface area contributed by atoms with Gasteiger partial charge in [0.2, 0.25) is 5.91 Å². The fourth-order valence-electron chi connectivity index (χ4n) is 12.5. The fraction of sp³-hybridized carbons (Fsp3) is 0.935. The molecule has 0 saturated heterocycles. The van der Waals surface area contributed by atoms with E-state index in [0.29, 0.717) is 12.8 Å². The van der Waals surface area contributed by atoms with E-state index >= 15 is 0 Å². The maximum Gasteiger partial charge on any atom is 0.249 e. The highest BCUT2D eigenvalue weighted by Crippen LogP contribution is 2.20. The first kappa shape index (κ1) is 81.8. The molecule has 4 unspecified atom stereocenters. The third-order valence-corrected chi connectivity index (χ3v) is 18.4. The number of carbonyl (C=O) groups is 1. The lowest BCUT2D eigenvalue weighted by Gasteiger charge is -2.27. The van der Waals surface area contributed by atoms with Crippen LogP contribution < -0.4 is 5.32 Å². The number of hydrogen-bond acceptors (Lipinski definition) is 5. The van der Waals surface area contributed by atoms with Crippen LogP contribution in [0.1, 0.15) is 431 Å². The predicted molar refractivity (Wildman–Crippen MR) is 367 cm³/mol. The van der Waals surface area contributed by atoms with Gasteiger partial charge in [-0.25, -0.2) is 0 Å². The molecule has 0 heterocycles. The Bertz CT molecular complexity index is 1270. The first-order chi connectivity index (χ1) is 41.0. The molecule has 83 heavy (non-hydrogen) atoms. The molecule has 6 nitrogen and oxygen atoms in total. The van der Waals surface area contributed by atoms with E-state index in [4.69, 9.17) is 0 Å². The SMILES string of the molecule is CCCCCCCCCCCCCCC/C=C\C/C=C\CCCCCCCCCCCCCCCCCCC(O)C(=O)NC(CO)C(O)C(O)CCCCCCCCCCCCCCCCCCCCCCCCCCCCCCCCC. The maximum absolute atomic E-state index is 12.7. The van der Waals surface area contributed by atoms with E-state index in [1.807, 2.05) is 0 Å². The average molecular weight is 1170 g/mol. The first-order valence-corrected chi connectivity index (χ1v) is 38.2. The van der Waals surface area contributed by atoms with Crippen molar-refractivity contribution in [3.05, 3.63) is 24.3 Å². The van der Waals surface area contributed by atoms with Crippen LogP contribution in [0.2, 0.25) is 0 Å². The number of allylic oxidation sites excluding steroid dienone is 4. The van der Waals surface area contributed by atoms with Crippen molar-refractivity contribution < 1.29 is 25.2 Å². The summed E-state index contributed by atoms with van der Waals surface area (Å²) in [5.41, 5.74) is 0. The van der Waals surface area contributed by atoms with E-state index in [0.717, 1.165) is 44.9 Å². The largest absolute Gasteiger partial charge is 0.394 e. The Morgan fingerprint density at radius 1 is 0.301 bits per heavy atom. The number of aliphatic hydroxyl groups is 4. The second-order valence-corrected chi connectivity index (χ2v) is 26.7. The monoisotopic (exact) mass is 1170 g/mol. The molecular formula is C77H151NO5. The van der Waals surface area contributed by atoms with Crippen molar-refractivity contribution in [3.8, 4) is 0 Å². The van der Waals surface area contributed by atoms with Crippen LogP contribution in [-0.4, -0.2) is 57.3 Å². The lowest BCUT2D eigenvalue weighted by atomic mass is 9.99. The molecule has 0 aliphatic rings. The second kappa shape index (κ2) is 71.5. The number of amides is 1. The summed E-state index contributed by atoms with van der Waals surface area (Å²) in [4.78, 5) is 12.7. The molecule has 1 amide bonds. The summed E-state index contributed by atoms with van der Waals surface area (Å²) in [7, 11) is 0. The quantitative estimate of drug-likeness (QED) is 0.0308. The van der Waals surface area contributed by atoms with Gasteiger partial charge in [-0.1, -0.05) is 411 Å². The second-order valence-electron chi connectivity index (χ2n) is 26.7. The van der Waals surface area contributed by atoms with Crippen molar-refractivity contribution in [2.45, 2.75) is 456 Å². The van der Waals surface area contributed by atoms with Crippen molar-refractivity contribution in [1.82, 2.24) is 5.32 Å². The molecule has 494 valence electrons. The van der Waals surface area contributed by atoms with Crippen LogP contribution in [0.15, 0.2) is 24.3 Å². The molecule has 4 atom stereocenters. The molecule has 6 heteroatoms. The Morgan fingerprint density at radius 3 is 0.759 bits per heavy atom. The summed E-state index contributed by atoms with van der Waals surface area (Å²) in [6.07, 6.45) is 91.9. The van der Waals surface area contributed by atoms with Crippen LogP contribution in [0.5, 0.6) is 0 Å². The van der Waals surface area contributed by atoms with Crippen LogP contribution in [0.3, 0.4) is 0 Å². The van der Waals surface area contributed by atoms with Crippen molar-refractivity contribution in [1.29, 1.82) is 0 Å². The number of hydrogen-bond donors (Lipinski definition) is 5. The summed E-state index contributed by atoms with van der Waals surface area (Å²) in [6, 6.07) is -0.986. The van der Waals surface area contributed by atoms with Gasteiger partial charge in [-0.15, -0.1) is 0 Å². The minimum atomic E-state index is -1.26. The van der Waals surface area contributed by atoms with Crippen LogP contribution in [0.4, 0.5) is 0 Å². The first-order valence-electron chi connectivity index (χ1n) is 38.2. The average Bonchev–Trinajstić information content (AvgIpc) is 3.54. The minimum absolute atomic E-state index is 0.372. The highest BCUT2D eigenvalue weighted by Gasteiger charge is 2.29. The van der Waals surface area contributed by atoms with Gasteiger partial charge in [0.25, 0.3) is 0 Å². The molecule has 0 fully saturated rings. The molecule has 0 aromatic rings. The van der Waals surface area contributed by atoms with E-state index < -0.39 is 36.9 Å². The summed E-state index contributed by atoms with van der Waals surface area (Å²) >= 11 is 0. The van der Waals surface area contributed by atoms with Gasteiger partial charge in [0.1, 0.15) is 12.2 Å². The lowest BCUT2D eigenvalue weighted by molar-refractivity contribution is -0.132. The Labute approximate surface area is 520 Å². The van der Waals surface area contributed by atoms with E-state index in [1.165, 1.54) is 360 Å². The zero-order valence-electron chi connectivity index (χ0n) is 56.5. The van der Waals surface area contributed by atoms with Crippen molar-refractivity contribution in [2.24, 2.45) is 0 Å². The molecule has 0 aliphatic heterocycles. The Morgan fingerprint density at radius 2 is 0.518 bits per heavy atom. The molecule has 0 rings (SSSR count). The summed E-state index contributed by atoms with van der Waals surface area (Å²) in [5, 5.41) is 44.3. The molecule has 0 spiro atoms. The third-order valence-electron chi connectivity index (χ3n) is 18.4. The predicted octanol–water partition coefficient (Wildman–Crippen LogP) is 24.1. The highest BCUT2D eigenvalue weighted by molar-refractivity contribution is 5.80. The zero-order valence-corrected chi connectivity index (χ0v) is 56.5. The van der Waals surface area contributed by atoms with Crippen LogP contribution >= 0.6 is 0 Å². The van der Waals surface area contributed by atoms with E-state index in [9.17, 15) is 25.2 Å². The highest BCUT2D eigenvalue weighted by atomic mass is 16.3. The Kier molecular flexibility index (Phi) is 70.5. The van der Waals surface area contributed by atoms with Crippen LogP contribution in [0.25, 0.3) is 0 Å². The van der Waals surface area contributed by atoms with Crippen LogP contribution in [0, 0.1) is 0 Å². The fourth-order valence-corrected chi connectivity index (χ4v) is 12.5. The molecule has 0 aliphatic carbocycles. The Balaban J connectivity index is 3.51. The number of carbonyl (C=O) groups excluding carboxylic acids is 1. The van der Waals surface area contributed by atoms with E-state index in [-0.39, 0.29) is 0 Å². The molecule has 0 aromatic heterocycles. The van der Waals surface area contributed by atoms with Gasteiger partial charge in [-0.2, -0.15) is 0 Å². The molecule has 5 N–H and O–H groups in total. The molecular weight excluding hydrogens is 1020 g/mol. The van der Waals surface area contributed by atoms with E-state index in [2.05, 4.69) is 43.5 Å². The molecule has 0 bridgehead atoms. The lowest BCUT2D eigenvalue weighted by Crippen LogP contribution is -2.53. The number of unbranched alkanes of at least 4 members (excludes halogenated alkanes) is 59. The normalized spacial score (nSPS) is 13.5. The smallest absolute Gasteiger partial charge is 0.249 e. The van der Waals surface area contributed by atoms with Gasteiger partial charge in [-0.05, 0) is 44.9 Å². The summed E-state index contributed by atoms with van der Waals surface area (Å²) in [6.45, 7) is 4.12. The van der Waals surface area contributed by atoms with Crippen molar-refractivity contribution >= 4 is 5.91 Å². The molecule has 0 saturated carbocycles. The van der Waals surface area contributed by atoms with Gasteiger partial charge in [-0.3, -0.25) is 4.79 Å². The number of rotatable bonds is 72. The summed E-state index contributed by atoms with van der Waals surface area (Å²) in [5.74, 6) is -0.575. The summed E-state index contributed by atoms with van der Waals surface area (Å²) < 4.78 is 0. The Hall–Kier alpha value is -1.21. The third kappa shape index (κ3) is 65.1. The van der Waals surface area contributed by atoms with Gasteiger partial charge in [0.05, 0.1) is 18.8 Å². The van der Waals surface area contributed by atoms with Crippen LogP contribution in [-0.2, 0) is 4.79 Å². The minimum Gasteiger partial charge on any atom is -0.394 e. The standard InChI is InChI=1S/C77H151NO5/c1-3-5-7-9-11-13-15-17-19-21-23-25-27-29-31-33-35-36-37-38-39-41-43-45-47-49-51-53-55-57-59-61-63-65-67-69-71-75(81)77(83)78-73(72-79)76(82)74(80)70-68-66-64-62-60-58-56-54-52-50-48-46-44-42-40-34-32-30-28-26-24-22-20-18-16-14-12-10-8-6-4-2/h31,33,36-37,73-76,79-82H,3-30,32,34-35,38-72H2,1-2H3,(H,78,83)/b33-31-,37-36-. The maximum atomic E-state index is 12.7. The molecule has 0 radical (unpaired) electrons. The number of aliphatic hydroxyl groups excluding tert-OH is 4. The molecule has 0 aromatic carbocycles. The zero-order chi connectivity index (χ0) is 60.1. The van der Waals surface area contributed by atoms with Gasteiger partial charge < -0.3 is 25.7 Å².